The maximum absolute atomic E-state index is 12.8. The number of carbonyl (C=O) groups is 1. The number of nitrogens with one attached hydrogen (secondary N) is 1. The Balaban J connectivity index is 1.85. The molecule has 32 heavy (non-hydrogen) atoms. The number of aromatic nitrogens is 3. The predicted octanol–water partition coefficient (Wildman–Crippen LogP) is 1.88. The van der Waals surface area contributed by atoms with E-state index in [-0.39, 0.29) is 24.2 Å². The van der Waals surface area contributed by atoms with Crippen molar-refractivity contribution in [2.24, 2.45) is 5.11 Å². The van der Waals surface area contributed by atoms with Crippen LogP contribution in [0, 0.1) is 17.0 Å². The second-order valence-electron chi connectivity index (χ2n) is 7.01. The lowest BCUT2D eigenvalue weighted by Crippen LogP contribution is -2.33. The van der Waals surface area contributed by atoms with E-state index in [0.29, 0.717) is 12.0 Å². The maximum Gasteiger partial charge on any atom is 0.363 e. The molecule has 0 aromatic carbocycles. The van der Waals surface area contributed by atoms with Crippen LogP contribution in [0.15, 0.2) is 33.0 Å². The minimum absolute atomic E-state index is 0.0849. The van der Waals surface area contributed by atoms with Gasteiger partial charge in [0.1, 0.15) is 17.9 Å². The van der Waals surface area contributed by atoms with Crippen molar-refractivity contribution in [3.8, 4) is 0 Å². The van der Waals surface area contributed by atoms with E-state index in [2.05, 4.69) is 20.0 Å². The fourth-order valence-electron chi connectivity index (χ4n) is 3.36. The molecule has 2 aromatic rings. The quantitative estimate of drug-likeness (QED) is 0.166. The zero-order valence-electron chi connectivity index (χ0n) is 17.1. The predicted molar refractivity (Wildman–Crippen MR) is 108 cm³/mol. The first-order chi connectivity index (χ1) is 15.2. The number of aryl methyl sites for hydroxylation is 1. The molecule has 0 amide bonds. The van der Waals surface area contributed by atoms with Crippen molar-refractivity contribution in [3.63, 3.8) is 0 Å². The summed E-state index contributed by atoms with van der Waals surface area (Å²) in [5.41, 5.74) is 7.53. The van der Waals surface area contributed by atoms with E-state index in [1.165, 1.54) is 16.8 Å². The van der Waals surface area contributed by atoms with Gasteiger partial charge in [-0.2, -0.15) is 0 Å². The average Bonchev–Trinajstić information content (AvgIpc) is 3.16. The van der Waals surface area contributed by atoms with Gasteiger partial charge in [-0.05, 0) is 34.8 Å². The second kappa shape index (κ2) is 9.41. The average molecular weight is 445 g/mol. The topological polar surface area (TPSA) is 195 Å². The number of pyridine rings is 1. The Morgan fingerprint density at radius 3 is 2.91 bits per heavy atom. The van der Waals surface area contributed by atoms with Gasteiger partial charge in [0.05, 0.1) is 12.6 Å². The Kier molecular flexibility index (Phi) is 6.66. The molecule has 3 heterocycles. The molecule has 0 radical (unpaired) electrons. The lowest BCUT2D eigenvalue weighted by Gasteiger charge is -2.17. The first kappa shape index (κ1) is 22.7. The van der Waals surface area contributed by atoms with E-state index < -0.39 is 46.4 Å². The molecule has 0 unspecified atom stereocenters. The van der Waals surface area contributed by atoms with Gasteiger partial charge in [-0.25, -0.2) is 9.59 Å². The number of ether oxygens (including phenoxy) is 2. The molecule has 0 aliphatic carbocycles. The molecule has 14 nitrogen and oxygen atoms in total. The van der Waals surface area contributed by atoms with Gasteiger partial charge < -0.3 is 19.6 Å². The Morgan fingerprint density at radius 1 is 1.50 bits per heavy atom. The Labute approximate surface area is 179 Å². The molecule has 0 bridgehead atoms. The highest BCUT2D eigenvalue weighted by molar-refractivity contribution is 5.91. The fourth-order valence-corrected chi connectivity index (χ4v) is 3.36. The fraction of sp³-hybridized carbons (Fsp3) is 0.444. The van der Waals surface area contributed by atoms with Crippen molar-refractivity contribution in [2.75, 3.05) is 0 Å². The summed E-state index contributed by atoms with van der Waals surface area (Å²) in [6.45, 7) is 2.98. The molecule has 2 aromatic heterocycles. The first-order valence-electron chi connectivity index (χ1n) is 9.58. The summed E-state index contributed by atoms with van der Waals surface area (Å²) >= 11 is 0. The van der Waals surface area contributed by atoms with Crippen LogP contribution in [0.25, 0.3) is 10.4 Å². The third kappa shape index (κ3) is 4.66. The van der Waals surface area contributed by atoms with Crippen LogP contribution in [-0.2, 0) is 16.0 Å². The van der Waals surface area contributed by atoms with Crippen LogP contribution in [0.3, 0.4) is 0 Å². The van der Waals surface area contributed by atoms with Crippen LogP contribution in [0.5, 0.6) is 0 Å². The Hall–Kier alpha value is -4.03. The smallest absolute Gasteiger partial charge is 0.363 e. The van der Waals surface area contributed by atoms with E-state index in [0.717, 1.165) is 6.07 Å². The minimum Gasteiger partial charge on any atom is -0.456 e. The van der Waals surface area contributed by atoms with Crippen molar-refractivity contribution in [1.82, 2.24) is 14.5 Å². The van der Waals surface area contributed by atoms with E-state index >= 15 is 0 Å². The summed E-state index contributed by atoms with van der Waals surface area (Å²) < 4.78 is 12.7. The van der Waals surface area contributed by atoms with Crippen LogP contribution in [0.4, 0.5) is 5.82 Å². The molecule has 1 fully saturated rings. The van der Waals surface area contributed by atoms with E-state index in [9.17, 15) is 24.5 Å². The van der Waals surface area contributed by atoms with Crippen molar-refractivity contribution in [1.29, 1.82) is 0 Å². The number of nitro groups is 1. The highest BCUT2D eigenvalue weighted by Gasteiger charge is 2.39. The van der Waals surface area contributed by atoms with Crippen molar-refractivity contribution in [2.45, 2.75) is 51.7 Å². The molecule has 0 saturated carbocycles. The molecule has 168 valence electrons. The van der Waals surface area contributed by atoms with Gasteiger partial charge in [-0.15, -0.1) is 0 Å². The van der Waals surface area contributed by atoms with Crippen LogP contribution >= 0.6 is 0 Å². The lowest BCUT2D eigenvalue weighted by molar-refractivity contribution is -0.389. The van der Waals surface area contributed by atoms with Crippen LogP contribution in [0.2, 0.25) is 0 Å². The summed E-state index contributed by atoms with van der Waals surface area (Å²) in [5.74, 6) is -1.33. The van der Waals surface area contributed by atoms with Gasteiger partial charge in [0.2, 0.25) is 0 Å². The number of rotatable bonds is 7. The molecular formula is C18H19N7O7. The summed E-state index contributed by atoms with van der Waals surface area (Å²) in [5, 5.41) is 14.3. The van der Waals surface area contributed by atoms with Crippen LogP contribution < -0.4 is 11.2 Å². The summed E-state index contributed by atoms with van der Waals surface area (Å²) in [4.78, 5) is 55.4. The molecule has 3 rings (SSSR count). The van der Waals surface area contributed by atoms with Gasteiger partial charge in [0.15, 0.2) is 5.69 Å². The third-order valence-electron chi connectivity index (χ3n) is 4.95. The van der Waals surface area contributed by atoms with Gasteiger partial charge >= 0.3 is 17.5 Å². The molecule has 0 spiro atoms. The van der Waals surface area contributed by atoms with E-state index in [1.54, 1.807) is 6.92 Å². The molecule has 3 atom stereocenters. The zero-order chi connectivity index (χ0) is 23.4. The number of aromatic amines is 1. The van der Waals surface area contributed by atoms with Gasteiger partial charge in [-0.3, -0.25) is 14.3 Å². The molecule has 1 saturated heterocycles. The van der Waals surface area contributed by atoms with Crippen LogP contribution in [0.1, 0.15) is 47.6 Å². The lowest BCUT2D eigenvalue weighted by atomic mass is 10.1. The Morgan fingerprint density at radius 2 is 2.25 bits per heavy atom. The molecule has 1 aliphatic heterocycles. The number of carbonyl (C=O) groups excluding carboxylic acids is 1. The number of azide groups is 1. The number of hydrogen-bond donors (Lipinski definition) is 1. The minimum atomic E-state index is -0.826. The van der Waals surface area contributed by atoms with Crippen molar-refractivity contribution >= 4 is 11.8 Å². The number of hydrogen-bond acceptors (Lipinski definition) is 9. The summed E-state index contributed by atoms with van der Waals surface area (Å²) in [6.07, 6.45) is -0.0505. The molecule has 1 N–H and O–H groups in total. The van der Waals surface area contributed by atoms with Crippen molar-refractivity contribution in [3.05, 3.63) is 76.5 Å². The first-order valence-corrected chi connectivity index (χ1v) is 9.58. The summed E-state index contributed by atoms with van der Waals surface area (Å²) in [6, 6.07) is 2.23. The maximum atomic E-state index is 12.8. The highest BCUT2D eigenvalue weighted by atomic mass is 16.6. The zero-order valence-corrected chi connectivity index (χ0v) is 17.1. The molecule has 14 heteroatoms. The number of nitrogens with zero attached hydrogens (tertiary/aromatic N) is 6. The SMILES string of the molecule is CC[C@H]1O[C@@H](n2cc(C)c(=O)[nH]c2=O)C[C@H]1OC(=O)c1ccc([N+](=O)[O-])nc1CN=[N+]=[N-]. The van der Waals surface area contributed by atoms with Gasteiger partial charge in [0, 0.05) is 29.2 Å². The monoisotopic (exact) mass is 445 g/mol. The normalized spacial score (nSPS) is 19.9. The standard InChI is InChI=1S/C18H19N7O7/c1-3-12-13(6-15(31-12)24-8-9(2)16(26)22-18(24)28)32-17(27)10-4-5-14(25(29)30)21-11(10)7-20-23-19/h4-5,8,12-13,15H,3,6-7H2,1-2H3,(H,22,26,28)/t12-,13-,15-/m1/s1. The highest BCUT2D eigenvalue weighted by Crippen LogP contribution is 2.32. The number of esters is 1. The molecular weight excluding hydrogens is 426 g/mol. The van der Waals surface area contributed by atoms with E-state index in [4.69, 9.17) is 15.0 Å². The third-order valence-corrected chi connectivity index (χ3v) is 4.95. The van der Waals surface area contributed by atoms with Crippen molar-refractivity contribution < 1.29 is 19.2 Å². The van der Waals surface area contributed by atoms with Gasteiger partial charge in [0.25, 0.3) is 5.56 Å². The molecule has 1 aliphatic rings. The largest absolute Gasteiger partial charge is 0.456 e. The van der Waals surface area contributed by atoms with Gasteiger partial charge in [-0.1, -0.05) is 12.0 Å². The van der Waals surface area contributed by atoms with Crippen LogP contribution in [-0.4, -0.2) is 37.6 Å². The number of H-pyrrole nitrogens is 1. The summed E-state index contributed by atoms with van der Waals surface area (Å²) in [7, 11) is 0. The second-order valence-corrected chi connectivity index (χ2v) is 7.01. The van der Waals surface area contributed by atoms with E-state index in [1.807, 2.05) is 6.92 Å². The Bertz CT molecular complexity index is 1210.